The fourth-order valence-corrected chi connectivity index (χ4v) is 3.94. The summed E-state index contributed by atoms with van der Waals surface area (Å²) in [6.45, 7) is 7.99. The summed E-state index contributed by atoms with van der Waals surface area (Å²) in [5, 5.41) is 0. The molecule has 0 unspecified atom stereocenters. The number of sulfonamides is 1. The number of rotatable bonds is 6. The first-order valence-electron chi connectivity index (χ1n) is 8.22. The van der Waals surface area contributed by atoms with E-state index in [-0.39, 0.29) is 11.7 Å². The van der Waals surface area contributed by atoms with Crippen LogP contribution >= 0.6 is 0 Å². The topological polar surface area (TPSA) is 67.9 Å². The molecule has 2 aromatic rings. The van der Waals surface area contributed by atoms with Crippen molar-refractivity contribution >= 4 is 21.4 Å². The highest BCUT2D eigenvalue weighted by atomic mass is 32.2. The van der Waals surface area contributed by atoms with Gasteiger partial charge in [0.25, 0.3) is 10.0 Å². The number of anilines is 2. The van der Waals surface area contributed by atoms with Crippen molar-refractivity contribution in [1.82, 2.24) is 0 Å². The highest BCUT2D eigenvalue weighted by Crippen LogP contribution is 2.34. The van der Waals surface area contributed by atoms with Gasteiger partial charge in [0.2, 0.25) is 6.79 Å². The number of benzene rings is 2. The first kappa shape index (κ1) is 17.4. The van der Waals surface area contributed by atoms with Crippen molar-refractivity contribution in [2.45, 2.75) is 25.7 Å². The van der Waals surface area contributed by atoms with Gasteiger partial charge in [-0.15, -0.1) is 0 Å². The monoisotopic (exact) mass is 362 g/mol. The Kier molecular flexibility index (Phi) is 4.76. The number of nitrogens with one attached hydrogen (secondary N) is 1. The smallest absolute Gasteiger partial charge is 0.262 e. The van der Waals surface area contributed by atoms with E-state index in [1.165, 1.54) is 12.1 Å². The quantitative estimate of drug-likeness (QED) is 0.853. The normalized spacial score (nSPS) is 12.9. The molecule has 0 radical (unpaired) electrons. The van der Waals surface area contributed by atoms with Gasteiger partial charge in [-0.1, -0.05) is 0 Å². The van der Waals surface area contributed by atoms with Crippen LogP contribution in [0.25, 0.3) is 0 Å². The van der Waals surface area contributed by atoms with Gasteiger partial charge in [0, 0.05) is 24.8 Å². The van der Waals surface area contributed by atoms with E-state index in [9.17, 15) is 8.42 Å². The highest BCUT2D eigenvalue weighted by Gasteiger charge is 2.21. The van der Waals surface area contributed by atoms with Crippen LogP contribution in [0.3, 0.4) is 0 Å². The summed E-state index contributed by atoms with van der Waals surface area (Å²) in [7, 11) is -3.70. The number of hydrogen-bond donors (Lipinski definition) is 1. The molecule has 3 rings (SSSR count). The fourth-order valence-electron chi connectivity index (χ4n) is 2.80. The van der Waals surface area contributed by atoms with E-state index in [0.29, 0.717) is 17.2 Å². The minimum absolute atomic E-state index is 0.109. The summed E-state index contributed by atoms with van der Waals surface area (Å²) in [5.74, 6) is 0.996. The van der Waals surface area contributed by atoms with Crippen molar-refractivity contribution in [3.63, 3.8) is 0 Å². The van der Waals surface area contributed by atoms with Gasteiger partial charge in [0.1, 0.15) is 0 Å². The van der Waals surface area contributed by atoms with E-state index in [1.807, 2.05) is 19.1 Å². The molecule has 25 heavy (non-hydrogen) atoms. The molecular formula is C18H22N2O4S. The first-order chi connectivity index (χ1) is 11.9. The maximum absolute atomic E-state index is 12.7. The van der Waals surface area contributed by atoms with Crippen molar-refractivity contribution < 1.29 is 17.9 Å². The molecule has 0 aliphatic carbocycles. The third kappa shape index (κ3) is 3.51. The lowest BCUT2D eigenvalue weighted by atomic mass is 10.1. The molecule has 6 nitrogen and oxygen atoms in total. The standard InChI is InChI=1S/C18H22N2O4S/c1-4-20(5-2)14-6-8-16(13(3)10-14)19-25(21,22)15-7-9-17-18(11-15)24-12-23-17/h6-11,19H,4-5,12H2,1-3H3. The zero-order valence-electron chi connectivity index (χ0n) is 14.6. The lowest BCUT2D eigenvalue weighted by Crippen LogP contribution is -2.22. The molecular weight excluding hydrogens is 340 g/mol. The van der Waals surface area contributed by atoms with Crippen LogP contribution in [0, 0.1) is 6.92 Å². The Morgan fingerprint density at radius 3 is 2.44 bits per heavy atom. The number of hydrogen-bond acceptors (Lipinski definition) is 5. The maximum atomic E-state index is 12.7. The second kappa shape index (κ2) is 6.84. The molecule has 0 saturated heterocycles. The summed E-state index contributed by atoms with van der Waals surface area (Å²) in [6, 6.07) is 10.3. The Morgan fingerprint density at radius 1 is 1.04 bits per heavy atom. The molecule has 0 saturated carbocycles. The fraction of sp³-hybridized carbons (Fsp3) is 0.333. The lowest BCUT2D eigenvalue weighted by Gasteiger charge is -2.22. The summed E-state index contributed by atoms with van der Waals surface area (Å²) >= 11 is 0. The van der Waals surface area contributed by atoms with Crippen LogP contribution < -0.4 is 19.1 Å². The molecule has 0 aromatic heterocycles. The zero-order valence-corrected chi connectivity index (χ0v) is 15.4. The lowest BCUT2D eigenvalue weighted by molar-refractivity contribution is 0.174. The molecule has 1 N–H and O–H groups in total. The molecule has 0 atom stereocenters. The molecule has 134 valence electrons. The Bertz CT molecular complexity index is 877. The van der Waals surface area contributed by atoms with Crippen LogP contribution in [0.15, 0.2) is 41.3 Å². The minimum atomic E-state index is -3.70. The number of fused-ring (bicyclic) bond motifs is 1. The molecule has 0 amide bonds. The molecule has 0 fully saturated rings. The Labute approximate surface area is 148 Å². The predicted molar refractivity (Wildman–Crippen MR) is 98.1 cm³/mol. The minimum Gasteiger partial charge on any atom is -0.454 e. The molecule has 0 bridgehead atoms. The van der Waals surface area contributed by atoms with Crippen molar-refractivity contribution in [3.8, 4) is 11.5 Å². The van der Waals surface area contributed by atoms with Gasteiger partial charge < -0.3 is 14.4 Å². The Morgan fingerprint density at radius 2 is 1.76 bits per heavy atom. The van der Waals surface area contributed by atoms with Crippen LogP contribution in [0.1, 0.15) is 19.4 Å². The van der Waals surface area contributed by atoms with Gasteiger partial charge in [-0.25, -0.2) is 8.42 Å². The molecule has 1 heterocycles. The zero-order chi connectivity index (χ0) is 18.0. The van der Waals surface area contributed by atoms with Crippen molar-refractivity contribution in [2.24, 2.45) is 0 Å². The molecule has 7 heteroatoms. The third-order valence-corrected chi connectivity index (χ3v) is 5.60. The van der Waals surface area contributed by atoms with E-state index in [1.54, 1.807) is 12.1 Å². The molecule has 2 aromatic carbocycles. The van der Waals surface area contributed by atoms with Crippen molar-refractivity contribution in [2.75, 3.05) is 29.5 Å². The van der Waals surface area contributed by atoms with E-state index in [2.05, 4.69) is 23.5 Å². The molecule has 1 aliphatic rings. The third-order valence-electron chi connectivity index (χ3n) is 4.24. The summed E-state index contributed by atoms with van der Waals surface area (Å²) in [5.41, 5.74) is 2.51. The van der Waals surface area contributed by atoms with Gasteiger partial charge >= 0.3 is 0 Å². The highest BCUT2D eigenvalue weighted by molar-refractivity contribution is 7.92. The van der Waals surface area contributed by atoms with E-state index < -0.39 is 10.0 Å². The van der Waals surface area contributed by atoms with E-state index in [4.69, 9.17) is 9.47 Å². The van der Waals surface area contributed by atoms with Crippen LogP contribution in [-0.2, 0) is 10.0 Å². The summed E-state index contributed by atoms with van der Waals surface area (Å²) in [4.78, 5) is 2.35. The first-order valence-corrected chi connectivity index (χ1v) is 9.71. The second-order valence-corrected chi connectivity index (χ2v) is 7.47. The second-order valence-electron chi connectivity index (χ2n) is 5.79. The number of ether oxygens (including phenoxy) is 2. The average Bonchev–Trinajstić information content (AvgIpc) is 3.06. The van der Waals surface area contributed by atoms with Crippen LogP contribution in [0.4, 0.5) is 11.4 Å². The molecule has 0 spiro atoms. The predicted octanol–water partition coefficient (Wildman–Crippen LogP) is 3.37. The average molecular weight is 362 g/mol. The Hall–Kier alpha value is -2.41. The largest absolute Gasteiger partial charge is 0.454 e. The molecule has 1 aliphatic heterocycles. The Balaban J connectivity index is 1.86. The van der Waals surface area contributed by atoms with E-state index in [0.717, 1.165) is 24.3 Å². The summed E-state index contributed by atoms with van der Waals surface area (Å²) < 4.78 is 38.5. The van der Waals surface area contributed by atoms with Gasteiger partial charge in [-0.3, -0.25) is 4.72 Å². The van der Waals surface area contributed by atoms with Crippen molar-refractivity contribution in [3.05, 3.63) is 42.0 Å². The van der Waals surface area contributed by atoms with Gasteiger partial charge in [0.15, 0.2) is 11.5 Å². The van der Waals surface area contributed by atoms with Crippen molar-refractivity contribution in [1.29, 1.82) is 0 Å². The van der Waals surface area contributed by atoms with Gasteiger partial charge in [0.05, 0.1) is 10.6 Å². The van der Waals surface area contributed by atoms with Gasteiger partial charge in [-0.05, 0) is 56.7 Å². The maximum Gasteiger partial charge on any atom is 0.262 e. The number of aryl methyl sites for hydroxylation is 1. The summed E-state index contributed by atoms with van der Waals surface area (Å²) in [6.07, 6.45) is 0. The van der Waals surface area contributed by atoms with Crippen LogP contribution in [0.2, 0.25) is 0 Å². The van der Waals surface area contributed by atoms with E-state index >= 15 is 0 Å². The van der Waals surface area contributed by atoms with Gasteiger partial charge in [-0.2, -0.15) is 0 Å². The van der Waals surface area contributed by atoms with Crippen LogP contribution in [0.5, 0.6) is 11.5 Å². The SMILES string of the molecule is CCN(CC)c1ccc(NS(=O)(=O)c2ccc3c(c2)OCO3)c(C)c1. The van der Waals surface area contributed by atoms with Crippen LogP contribution in [-0.4, -0.2) is 28.3 Å². The number of nitrogens with zero attached hydrogens (tertiary/aromatic N) is 1.